The maximum absolute atomic E-state index is 12.8. The lowest BCUT2D eigenvalue weighted by molar-refractivity contribution is -0.122. The first-order valence-corrected chi connectivity index (χ1v) is 7.17. The Morgan fingerprint density at radius 2 is 2.00 bits per heavy atom. The van der Waals surface area contributed by atoms with E-state index in [1.165, 1.54) is 12.1 Å². The summed E-state index contributed by atoms with van der Waals surface area (Å²) in [7, 11) is 0. The monoisotopic (exact) mass is 314 g/mol. The van der Waals surface area contributed by atoms with Crippen molar-refractivity contribution in [3.05, 3.63) is 59.4 Å². The summed E-state index contributed by atoms with van der Waals surface area (Å²) in [6, 6.07) is 10.7. The topological polar surface area (TPSA) is 67.4 Å². The molecule has 0 aliphatic carbocycles. The predicted octanol–water partition coefficient (Wildman–Crippen LogP) is 2.48. The van der Waals surface area contributed by atoms with Crippen LogP contribution in [0.1, 0.15) is 22.8 Å². The number of amides is 2. The van der Waals surface area contributed by atoms with Crippen LogP contribution in [-0.4, -0.2) is 17.9 Å². The van der Waals surface area contributed by atoms with Gasteiger partial charge in [-0.15, -0.1) is 0 Å². The highest BCUT2D eigenvalue weighted by atomic mass is 19.1. The van der Waals surface area contributed by atoms with Gasteiger partial charge < -0.3 is 15.4 Å². The Hall–Kier alpha value is -2.89. The van der Waals surface area contributed by atoms with Gasteiger partial charge in [-0.3, -0.25) is 9.59 Å². The minimum atomic E-state index is -0.597. The predicted molar refractivity (Wildman–Crippen MR) is 82.7 cm³/mol. The second-order valence-corrected chi connectivity index (χ2v) is 5.27. The Kier molecular flexibility index (Phi) is 3.97. The largest absolute Gasteiger partial charge is 0.479 e. The van der Waals surface area contributed by atoms with Crippen LogP contribution < -0.4 is 15.4 Å². The number of carbonyl (C=O) groups is 2. The molecule has 1 aliphatic heterocycles. The standard InChI is InChI=1S/C17H15FN2O3/c1-10-16(21)20-14-7-4-12(8-15(14)23-10)17(22)19-9-11-2-5-13(18)6-3-11/h2-8,10H,9H2,1H3,(H,19,22)(H,20,21). The van der Waals surface area contributed by atoms with Crippen LogP contribution in [0, 0.1) is 5.82 Å². The molecule has 0 saturated heterocycles. The molecular weight excluding hydrogens is 299 g/mol. The van der Waals surface area contributed by atoms with Crippen LogP contribution in [0.4, 0.5) is 10.1 Å². The molecule has 0 spiro atoms. The molecule has 0 bridgehead atoms. The lowest BCUT2D eigenvalue weighted by Crippen LogP contribution is -2.34. The summed E-state index contributed by atoms with van der Waals surface area (Å²) in [4.78, 5) is 23.7. The Balaban J connectivity index is 1.69. The summed E-state index contributed by atoms with van der Waals surface area (Å²) in [5, 5.41) is 5.46. The zero-order chi connectivity index (χ0) is 16.4. The summed E-state index contributed by atoms with van der Waals surface area (Å²) in [6.07, 6.45) is -0.597. The molecule has 1 heterocycles. The third-order valence-corrected chi connectivity index (χ3v) is 3.54. The van der Waals surface area contributed by atoms with Gasteiger partial charge in [-0.2, -0.15) is 0 Å². The van der Waals surface area contributed by atoms with Crippen LogP contribution in [0.5, 0.6) is 5.75 Å². The number of halogens is 1. The van der Waals surface area contributed by atoms with Crippen molar-refractivity contribution in [2.45, 2.75) is 19.6 Å². The molecule has 0 aromatic heterocycles. The van der Waals surface area contributed by atoms with E-state index in [1.54, 1.807) is 37.3 Å². The van der Waals surface area contributed by atoms with E-state index in [4.69, 9.17) is 4.74 Å². The molecular formula is C17H15FN2O3. The van der Waals surface area contributed by atoms with E-state index < -0.39 is 6.10 Å². The molecule has 1 unspecified atom stereocenters. The van der Waals surface area contributed by atoms with Gasteiger partial charge in [0, 0.05) is 12.1 Å². The summed E-state index contributed by atoms with van der Waals surface area (Å²) >= 11 is 0. The third-order valence-electron chi connectivity index (χ3n) is 3.54. The van der Waals surface area contributed by atoms with Crippen LogP contribution in [0.3, 0.4) is 0 Å². The summed E-state index contributed by atoms with van der Waals surface area (Å²) in [5.74, 6) is -0.342. The first kappa shape index (κ1) is 15.0. The quantitative estimate of drug-likeness (QED) is 0.914. The molecule has 1 atom stereocenters. The van der Waals surface area contributed by atoms with Crippen molar-refractivity contribution in [2.24, 2.45) is 0 Å². The summed E-state index contributed by atoms with van der Waals surface area (Å²) < 4.78 is 18.3. The highest BCUT2D eigenvalue weighted by molar-refractivity contribution is 6.00. The van der Waals surface area contributed by atoms with Crippen LogP contribution >= 0.6 is 0 Å². The average Bonchev–Trinajstić information content (AvgIpc) is 2.54. The van der Waals surface area contributed by atoms with E-state index in [1.807, 2.05) is 0 Å². The number of ether oxygens (including phenoxy) is 1. The Morgan fingerprint density at radius 1 is 1.26 bits per heavy atom. The molecule has 118 valence electrons. The average molecular weight is 314 g/mol. The van der Waals surface area contributed by atoms with Crippen molar-refractivity contribution in [1.29, 1.82) is 0 Å². The molecule has 1 aliphatic rings. The van der Waals surface area contributed by atoms with Crippen molar-refractivity contribution >= 4 is 17.5 Å². The van der Waals surface area contributed by atoms with Crippen molar-refractivity contribution in [3.63, 3.8) is 0 Å². The van der Waals surface area contributed by atoms with Gasteiger partial charge in [-0.1, -0.05) is 12.1 Å². The fourth-order valence-electron chi connectivity index (χ4n) is 2.23. The van der Waals surface area contributed by atoms with E-state index >= 15 is 0 Å². The zero-order valence-electron chi connectivity index (χ0n) is 12.4. The minimum Gasteiger partial charge on any atom is -0.479 e. The van der Waals surface area contributed by atoms with Gasteiger partial charge in [0.1, 0.15) is 11.6 Å². The number of hydrogen-bond acceptors (Lipinski definition) is 3. The smallest absolute Gasteiger partial charge is 0.265 e. The van der Waals surface area contributed by atoms with E-state index in [0.29, 0.717) is 23.5 Å². The van der Waals surface area contributed by atoms with Crippen LogP contribution in [-0.2, 0) is 11.3 Å². The number of benzene rings is 2. The number of nitrogens with one attached hydrogen (secondary N) is 2. The van der Waals surface area contributed by atoms with Crippen molar-refractivity contribution in [2.75, 3.05) is 5.32 Å². The van der Waals surface area contributed by atoms with Gasteiger partial charge in [0.25, 0.3) is 11.8 Å². The maximum atomic E-state index is 12.8. The second kappa shape index (κ2) is 6.08. The number of anilines is 1. The van der Waals surface area contributed by atoms with Gasteiger partial charge >= 0.3 is 0 Å². The Morgan fingerprint density at radius 3 is 2.74 bits per heavy atom. The first-order chi connectivity index (χ1) is 11.0. The maximum Gasteiger partial charge on any atom is 0.265 e. The van der Waals surface area contributed by atoms with Gasteiger partial charge in [-0.05, 0) is 42.8 Å². The number of hydrogen-bond donors (Lipinski definition) is 2. The highest BCUT2D eigenvalue weighted by Gasteiger charge is 2.24. The van der Waals surface area contributed by atoms with Crippen molar-refractivity contribution in [1.82, 2.24) is 5.32 Å². The third kappa shape index (κ3) is 3.31. The Labute approximate surface area is 132 Å². The van der Waals surface area contributed by atoms with Crippen LogP contribution in [0.2, 0.25) is 0 Å². The van der Waals surface area contributed by atoms with E-state index in [0.717, 1.165) is 5.56 Å². The van der Waals surface area contributed by atoms with Crippen molar-refractivity contribution in [3.8, 4) is 5.75 Å². The first-order valence-electron chi connectivity index (χ1n) is 7.17. The lowest BCUT2D eigenvalue weighted by atomic mass is 10.1. The molecule has 0 radical (unpaired) electrons. The van der Waals surface area contributed by atoms with E-state index in [2.05, 4.69) is 10.6 Å². The molecule has 23 heavy (non-hydrogen) atoms. The van der Waals surface area contributed by atoms with Gasteiger partial charge in [0.2, 0.25) is 0 Å². The van der Waals surface area contributed by atoms with Crippen LogP contribution in [0.25, 0.3) is 0 Å². The number of carbonyl (C=O) groups excluding carboxylic acids is 2. The molecule has 2 aromatic carbocycles. The highest BCUT2D eigenvalue weighted by Crippen LogP contribution is 2.30. The minimum absolute atomic E-state index is 0.217. The molecule has 2 N–H and O–H groups in total. The van der Waals surface area contributed by atoms with Gasteiger partial charge in [-0.25, -0.2) is 4.39 Å². The molecule has 2 aromatic rings. The SMILES string of the molecule is CC1Oc2cc(C(=O)NCc3ccc(F)cc3)ccc2NC1=O. The fraction of sp³-hybridized carbons (Fsp3) is 0.176. The molecule has 5 nitrogen and oxygen atoms in total. The Bertz CT molecular complexity index is 759. The molecule has 0 saturated carbocycles. The van der Waals surface area contributed by atoms with E-state index in [-0.39, 0.29) is 17.6 Å². The summed E-state index contributed by atoms with van der Waals surface area (Å²) in [6.45, 7) is 1.93. The van der Waals surface area contributed by atoms with Crippen molar-refractivity contribution < 1.29 is 18.7 Å². The summed E-state index contributed by atoms with van der Waals surface area (Å²) in [5.41, 5.74) is 1.77. The fourth-order valence-corrected chi connectivity index (χ4v) is 2.23. The molecule has 2 amide bonds. The lowest BCUT2D eigenvalue weighted by Gasteiger charge is -2.23. The van der Waals surface area contributed by atoms with Gasteiger partial charge in [0.15, 0.2) is 6.10 Å². The molecule has 3 rings (SSSR count). The molecule has 0 fully saturated rings. The number of rotatable bonds is 3. The zero-order valence-corrected chi connectivity index (χ0v) is 12.4. The van der Waals surface area contributed by atoms with Crippen LogP contribution in [0.15, 0.2) is 42.5 Å². The van der Waals surface area contributed by atoms with Gasteiger partial charge in [0.05, 0.1) is 5.69 Å². The van der Waals surface area contributed by atoms with E-state index in [9.17, 15) is 14.0 Å². The number of fused-ring (bicyclic) bond motifs is 1. The second-order valence-electron chi connectivity index (χ2n) is 5.27. The normalized spacial score (nSPS) is 16.1. The molecule has 6 heteroatoms.